The van der Waals surface area contributed by atoms with Crippen LogP contribution >= 0.6 is 0 Å². The fraction of sp³-hybridized carbons (Fsp3) is 0.846. The van der Waals surface area contributed by atoms with Crippen molar-refractivity contribution in [3.63, 3.8) is 0 Å². The summed E-state index contributed by atoms with van der Waals surface area (Å²) in [7, 11) is 0. The van der Waals surface area contributed by atoms with Crippen molar-refractivity contribution < 1.29 is 4.42 Å². The fourth-order valence-electron chi connectivity index (χ4n) is 2.06. The Hall–Kier alpha value is -1.10. The van der Waals surface area contributed by atoms with Crippen LogP contribution in [0.25, 0.3) is 0 Å². The molecule has 0 unspecified atom stereocenters. The quantitative estimate of drug-likeness (QED) is 0.806. The lowest BCUT2D eigenvalue weighted by molar-refractivity contribution is 0.312. The molecule has 0 spiro atoms. The molecule has 5 nitrogen and oxygen atoms in total. The van der Waals surface area contributed by atoms with Gasteiger partial charge in [-0.1, -0.05) is 25.4 Å². The molecule has 1 aliphatic rings. The maximum Gasteiger partial charge on any atom is 0.318 e. The Kier molecular flexibility index (Phi) is 4.58. The van der Waals surface area contributed by atoms with Crippen LogP contribution in [0.3, 0.4) is 0 Å². The molecule has 1 aromatic rings. The Balaban J connectivity index is 1.89. The number of hydrogen-bond acceptors (Lipinski definition) is 5. The first-order chi connectivity index (χ1) is 8.69. The molecule has 1 N–H and O–H groups in total. The fourth-order valence-corrected chi connectivity index (χ4v) is 2.06. The van der Waals surface area contributed by atoms with E-state index in [1.165, 1.54) is 19.3 Å². The Morgan fingerprint density at radius 2 is 2.17 bits per heavy atom. The summed E-state index contributed by atoms with van der Waals surface area (Å²) in [4.78, 5) is 2.19. The molecule has 1 heterocycles. The maximum atomic E-state index is 5.70. The van der Waals surface area contributed by atoms with Crippen molar-refractivity contribution in [3.8, 4) is 0 Å². The van der Waals surface area contributed by atoms with E-state index in [0.717, 1.165) is 19.0 Å². The zero-order chi connectivity index (χ0) is 13.0. The second-order valence-electron chi connectivity index (χ2n) is 5.35. The standard InChI is InChI=1S/C13H24N4O/c1-4-17(9-11-6-5-7-11)13-16-15-12(18-13)8-14-10(2)3/h10-11,14H,4-9H2,1-3H3. The van der Waals surface area contributed by atoms with Crippen molar-refractivity contribution in [3.05, 3.63) is 5.89 Å². The number of aromatic nitrogens is 2. The van der Waals surface area contributed by atoms with Crippen molar-refractivity contribution in [1.82, 2.24) is 15.5 Å². The molecule has 1 fully saturated rings. The van der Waals surface area contributed by atoms with E-state index in [1.54, 1.807) is 0 Å². The average Bonchev–Trinajstić information content (AvgIpc) is 2.74. The molecule has 1 aliphatic carbocycles. The van der Waals surface area contributed by atoms with Gasteiger partial charge in [0.25, 0.3) is 0 Å². The van der Waals surface area contributed by atoms with Crippen molar-refractivity contribution in [2.24, 2.45) is 5.92 Å². The number of anilines is 1. The van der Waals surface area contributed by atoms with Crippen molar-refractivity contribution in [1.29, 1.82) is 0 Å². The largest absolute Gasteiger partial charge is 0.407 e. The Morgan fingerprint density at radius 1 is 1.39 bits per heavy atom. The molecule has 0 radical (unpaired) electrons. The molecular weight excluding hydrogens is 228 g/mol. The van der Waals surface area contributed by atoms with E-state index in [-0.39, 0.29) is 0 Å². The van der Waals surface area contributed by atoms with E-state index in [1.807, 2.05) is 0 Å². The second-order valence-corrected chi connectivity index (χ2v) is 5.35. The minimum atomic E-state index is 0.428. The van der Waals surface area contributed by atoms with Crippen LogP contribution in [0.4, 0.5) is 6.01 Å². The molecule has 18 heavy (non-hydrogen) atoms. The lowest BCUT2D eigenvalue weighted by Gasteiger charge is -2.30. The van der Waals surface area contributed by atoms with Gasteiger partial charge in [-0.3, -0.25) is 0 Å². The van der Waals surface area contributed by atoms with E-state index >= 15 is 0 Å². The molecule has 2 rings (SSSR count). The highest BCUT2D eigenvalue weighted by atomic mass is 16.4. The van der Waals surface area contributed by atoms with Gasteiger partial charge >= 0.3 is 6.01 Å². The van der Waals surface area contributed by atoms with Crippen LogP contribution in [-0.4, -0.2) is 29.3 Å². The smallest absolute Gasteiger partial charge is 0.318 e. The van der Waals surface area contributed by atoms with Gasteiger partial charge in [-0.15, -0.1) is 5.10 Å². The third-order valence-corrected chi connectivity index (χ3v) is 3.47. The minimum absolute atomic E-state index is 0.428. The summed E-state index contributed by atoms with van der Waals surface area (Å²) >= 11 is 0. The first-order valence-electron chi connectivity index (χ1n) is 6.99. The molecular formula is C13H24N4O. The molecule has 0 atom stereocenters. The van der Waals surface area contributed by atoms with Crippen LogP contribution in [0.5, 0.6) is 0 Å². The van der Waals surface area contributed by atoms with E-state index in [9.17, 15) is 0 Å². The summed E-state index contributed by atoms with van der Waals surface area (Å²) in [5.41, 5.74) is 0. The summed E-state index contributed by atoms with van der Waals surface area (Å²) in [6, 6.07) is 1.10. The first kappa shape index (κ1) is 13.3. The Labute approximate surface area is 109 Å². The van der Waals surface area contributed by atoms with Crippen molar-refractivity contribution in [2.45, 2.75) is 52.6 Å². The van der Waals surface area contributed by atoms with Crippen molar-refractivity contribution in [2.75, 3.05) is 18.0 Å². The summed E-state index contributed by atoms with van der Waals surface area (Å²) in [6.07, 6.45) is 4.05. The van der Waals surface area contributed by atoms with Gasteiger partial charge in [0.1, 0.15) is 0 Å². The van der Waals surface area contributed by atoms with Crippen LogP contribution < -0.4 is 10.2 Å². The first-order valence-corrected chi connectivity index (χ1v) is 6.99. The van der Waals surface area contributed by atoms with E-state index in [2.05, 4.69) is 41.2 Å². The highest BCUT2D eigenvalue weighted by molar-refractivity contribution is 5.23. The molecule has 5 heteroatoms. The highest BCUT2D eigenvalue weighted by Crippen LogP contribution is 2.28. The average molecular weight is 252 g/mol. The number of hydrogen-bond donors (Lipinski definition) is 1. The Morgan fingerprint density at radius 3 is 2.72 bits per heavy atom. The van der Waals surface area contributed by atoms with Crippen LogP contribution in [0, 0.1) is 5.92 Å². The van der Waals surface area contributed by atoms with Gasteiger partial charge in [0.05, 0.1) is 6.54 Å². The Bertz CT molecular complexity index is 360. The molecule has 1 saturated carbocycles. The predicted molar refractivity (Wildman–Crippen MR) is 71.5 cm³/mol. The SMILES string of the molecule is CCN(CC1CCC1)c1nnc(CNC(C)C)o1. The highest BCUT2D eigenvalue weighted by Gasteiger charge is 2.22. The number of nitrogens with zero attached hydrogens (tertiary/aromatic N) is 3. The van der Waals surface area contributed by atoms with E-state index < -0.39 is 0 Å². The van der Waals surface area contributed by atoms with Gasteiger partial charge in [0.2, 0.25) is 5.89 Å². The summed E-state index contributed by atoms with van der Waals surface area (Å²) in [6.45, 7) is 8.96. The number of nitrogens with one attached hydrogen (secondary N) is 1. The second kappa shape index (κ2) is 6.18. The van der Waals surface area contributed by atoms with Gasteiger partial charge < -0.3 is 14.6 Å². The van der Waals surface area contributed by atoms with Crippen LogP contribution in [0.2, 0.25) is 0 Å². The molecule has 102 valence electrons. The monoisotopic (exact) mass is 252 g/mol. The normalized spacial score (nSPS) is 16.0. The van der Waals surface area contributed by atoms with Crippen LogP contribution in [-0.2, 0) is 6.54 Å². The molecule has 0 bridgehead atoms. The van der Waals surface area contributed by atoms with E-state index in [0.29, 0.717) is 24.5 Å². The zero-order valence-corrected chi connectivity index (χ0v) is 11.6. The van der Waals surface area contributed by atoms with Gasteiger partial charge in [-0.2, -0.15) is 0 Å². The van der Waals surface area contributed by atoms with Gasteiger partial charge in [0, 0.05) is 19.1 Å². The van der Waals surface area contributed by atoms with Crippen LogP contribution in [0.15, 0.2) is 4.42 Å². The summed E-state index contributed by atoms with van der Waals surface area (Å²) < 4.78 is 5.70. The third kappa shape index (κ3) is 3.45. The number of rotatable bonds is 7. The molecule has 0 amide bonds. The minimum Gasteiger partial charge on any atom is -0.407 e. The molecule has 0 aromatic carbocycles. The third-order valence-electron chi connectivity index (χ3n) is 3.47. The van der Waals surface area contributed by atoms with Crippen molar-refractivity contribution >= 4 is 6.01 Å². The lowest BCUT2D eigenvalue weighted by Crippen LogP contribution is -2.32. The topological polar surface area (TPSA) is 54.2 Å². The molecule has 1 aromatic heterocycles. The van der Waals surface area contributed by atoms with Gasteiger partial charge in [0.15, 0.2) is 0 Å². The lowest BCUT2D eigenvalue weighted by atomic mass is 9.85. The maximum absolute atomic E-state index is 5.70. The summed E-state index contributed by atoms with van der Waals surface area (Å²) in [5, 5.41) is 11.5. The zero-order valence-electron chi connectivity index (χ0n) is 11.6. The molecule has 0 saturated heterocycles. The molecule has 0 aliphatic heterocycles. The van der Waals surface area contributed by atoms with E-state index in [4.69, 9.17) is 4.42 Å². The summed E-state index contributed by atoms with van der Waals surface area (Å²) in [5.74, 6) is 1.49. The van der Waals surface area contributed by atoms with Gasteiger partial charge in [-0.25, -0.2) is 0 Å². The van der Waals surface area contributed by atoms with Gasteiger partial charge in [-0.05, 0) is 25.7 Å². The predicted octanol–water partition coefficient (Wildman–Crippen LogP) is 2.19. The van der Waals surface area contributed by atoms with Crippen LogP contribution in [0.1, 0.15) is 45.9 Å².